The molecular weight excluding hydrogens is 256 g/mol. The van der Waals surface area contributed by atoms with Gasteiger partial charge < -0.3 is 10.2 Å². The smallest absolute Gasteiger partial charge is 0.317 e. The maximum Gasteiger partial charge on any atom is 0.317 e. The Hall–Kier alpha value is -1.03. The van der Waals surface area contributed by atoms with Gasteiger partial charge in [0, 0.05) is 18.0 Å². The highest BCUT2D eigenvalue weighted by Gasteiger charge is 2.23. The molecule has 1 aliphatic rings. The molecule has 2 unspecified atom stereocenters. The van der Waals surface area contributed by atoms with Crippen LogP contribution in [-0.2, 0) is 0 Å². The molecule has 1 saturated heterocycles. The third-order valence-electron chi connectivity index (χ3n) is 3.71. The number of thiophene rings is 1. The highest BCUT2D eigenvalue weighted by Crippen LogP contribution is 2.24. The number of nitrogens with one attached hydrogen (secondary N) is 1. The molecule has 106 valence electrons. The van der Waals surface area contributed by atoms with E-state index in [9.17, 15) is 4.79 Å². The van der Waals surface area contributed by atoms with Crippen LogP contribution in [-0.4, -0.2) is 24.0 Å². The predicted octanol–water partition coefficient (Wildman–Crippen LogP) is 4.03. The van der Waals surface area contributed by atoms with Crippen LogP contribution in [0.25, 0.3) is 0 Å². The van der Waals surface area contributed by atoms with E-state index in [1.54, 1.807) is 11.3 Å². The van der Waals surface area contributed by atoms with Gasteiger partial charge >= 0.3 is 6.03 Å². The topological polar surface area (TPSA) is 32.3 Å². The van der Waals surface area contributed by atoms with E-state index in [0.717, 1.165) is 32.4 Å². The number of hydrogen-bond acceptors (Lipinski definition) is 2. The maximum absolute atomic E-state index is 12.3. The molecule has 1 fully saturated rings. The number of urea groups is 1. The highest BCUT2D eigenvalue weighted by atomic mass is 32.1. The fourth-order valence-electron chi connectivity index (χ4n) is 2.68. The summed E-state index contributed by atoms with van der Waals surface area (Å²) < 4.78 is 0. The minimum atomic E-state index is 0.110. The summed E-state index contributed by atoms with van der Waals surface area (Å²) in [5.74, 6) is 0.630. The Kier molecular flexibility index (Phi) is 5.25. The molecule has 2 heterocycles. The molecule has 2 atom stereocenters. The van der Waals surface area contributed by atoms with E-state index >= 15 is 0 Å². The van der Waals surface area contributed by atoms with E-state index in [4.69, 9.17) is 0 Å². The maximum atomic E-state index is 12.3. The Bertz CT molecular complexity index is 391. The molecule has 1 N–H and O–H groups in total. The van der Waals surface area contributed by atoms with Crippen LogP contribution >= 0.6 is 11.3 Å². The molecule has 0 aromatic carbocycles. The van der Waals surface area contributed by atoms with Crippen LogP contribution in [0.1, 0.15) is 50.4 Å². The lowest BCUT2D eigenvalue weighted by Crippen LogP contribution is -2.46. The van der Waals surface area contributed by atoms with Crippen molar-refractivity contribution in [3.05, 3.63) is 22.4 Å². The molecule has 2 rings (SSSR count). The van der Waals surface area contributed by atoms with Gasteiger partial charge in [0.1, 0.15) is 0 Å². The van der Waals surface area contributed by atoms with Crippen LogP contribution in [0.4, 0.5) is 4.79 Å². The second kappa shape index (κ2) is 6.94. The normalized spacial score (nSPS) is 21.2. The van der Waals surface area contributed by atoms with Gasteiger partial charge in [-0.2, -0.15) is 0 Å². The number of piperidine rings is 1. The number of rotatable bonds is 4. The largest absolute Gasteiger partial charge is 0.330 e. The summed E-state index contributed by atoms with van der Waals surface area (Å²) >= 11 is 1.73. The monoisotopic (exact) mass is 280 g/mol. The molecule has 4 heteroatoms. The third kappa shape index (κ3) is 3.96. The van der Waals surface area contributed by atoms with Crippen LogP contribution in [0.3, 0.4) is 0 Å². The summed E-state index contributed by atoms with van der Waals surface area (Å²) in [4.78, 5) is 15.6. The van der Waals surface area contributed by atoms with Gasteiger partial charge in [-0.1, -0.05) is 26.3 Å². The Morgan fingerprint density at radius 1 is 1.63 bits per heavy atom. The zero-order valence-electron chi connectivity index (χ0n) is 11.9. The SMILES string of the molecule is CCCC(NC(=O)N1CCCC(C)C1)c1cccs1. The Labute approximate surface area is 120 Å². The number of hydrogen-bond donors (Lipinski definition) is 1. The number of carbonyl (C=O) groups is 1. The van der Waals surface area contributed by atoms with Gasteiger partial charge in [-0.15, -0.1) is 11.3 Å². The Morgan fingerprint density at radius 3 is 3.11 bits per heavy atom. The van der Waals surface area contributed by atoms with Crippen LogP contribution in [0.2, 0.25) is 0 Å². The summed E-state index contributed by atoms with van der Waals surface area (Å²) in [6.45, 7) is 6.19. The van der Waals surface area contributed by atoms with Crippen LogP contribution < -0.4 is 5.32 Å². The quantitative estimate of drug-likeness (QED) is 0.887. The Morgan fingerprint density at radius 2 is 2.47 bits per heavy atom. The fraction of sp³-hybridized carbons (Fsp3) is 0.667. The first kappa shape index (κ1) is 14.4. The summed E-state index contributed by atoms with van der Waals surface area (Å²) in [5, 5.41) is 5.28. The molecule has 2 amide bonds. The zero-order chi connectivity index (χ0) is 13.7. The molecule has 19 heavy (non-hydrogen) atoms. The summed E-state index contributed by atoms with van der Waals surface area (Å²) in [6.07, 6.45) is 4.47. The lowest BCUT2D eigenvalue weighted by atomic mass is 10.0. The van der Waals surface area contributed by atoms with Crippen molar-refractivity contribution >= 4 is 17.4 Å². The molecular formula is C15H24N2OS. The van der Waals surface area contributed by atoms with E-state index in [0.29, 0.717) is 5.92 Å². The van der Waals surface area contributed by atoms with E-state index in [2.05, 4.69) is 36.7 Å². The minimum absolute atomic E-state index is 0.110. The first-order chi connectivity index (χ1) is 9.20. The first-order valence-electron chi connectivity index (χ1n) is 7.29. The van der Waals surface area contributed by atoms with Gasteiger partial charge in [0.05, 0.1) is 6.04 Å². The Balaban J connectivity index is 1.95. The summed E-state index contributed by atoms with van der Waals surface area (Å²) in [6, 6.07) is 4.45. The second-order valence-corrected chi connectivity index (χ2v) is 6.48. The van der Waals surface area contributed by atoms with Gasteiger partial charge in [-0.3, -0.25) is 0 Å². The first-order valence-corrected chi connectivity index (χ1v) is 8.17. The van der Waals surface area contributed by atoms with E-state index < -0.39 is 0 Å². The van der Waals surface area contributed by atoms with E-state index in [1.807, 2.05) is 4.90 Å². The molecule has 0 bridgehead atoms. The second-order valence-electron chi connectivity index (χ2n) is 5.50. The number of carbonyl (C=O) groups excluding carboxylic acids is 1. The van der Waals surface area contributed by atoms with Gasteiger partial charge in [0.15, 0.2) is 0 Å². The van der Waals surface area contributed by atoms with Crippen molar-refractivity contribution in [3.63, 3.8) is 0 Å². The van der Waals surface area contributed by atoms with Gasteiger partial charge in [0.25, 0.3) is 0 Å². The molecule has 3 nitrogen and oxygen atoms in total. The average Bonchev–Trinajstić information content (AvgIpc) is 2.92. The van der Waals surface area contributed by atoms with Crippen molar-refractivity contribution in [3.8, 4) is 0 Å². The van der Waals surface area contributed by atoms with Crippen molar-refractivity contribution in [2.75, 3.05) is 13.1 Å². The number of likely N-dealkylation sites (tertiary alicyclic amines) is 1. The minimum Gasteiger partial charge on any atom is -0.330 e. The molecule has 0 radical (unpaired) electrons. The molecule has 1 aromatic rings. The molecule has 1 aliphatic heterocycles. The number of amides is 2. The van der Waals surface area contributed by atoms with Crippen molar-refractivity contribution < 1.29 is 4.79 Å². The van der Waals surface area contributed by atoms with Gasteiger partial charge in [-0.05, 0) is 36.6 Å². The molecule has 0 saturated carbocycles. The van der Waals surface area contributed by atoms with Gasteiger partial charge in [-0.25, -0.2) is 4.79 Å². The zero-order valence-corrected chi connectivity index (χ0v) is 12.7. The van der Waals surface area contributed by atoms with Crippen LogP contribution in [0.5, 0.6) is 0 Å². The lowest BCUT2D eigenvalue weighted by Gasteiger charge is -2.32. The fourth-order valence-corrected chi connectivity index (χ4v) is 3.49. The summed E-state index contributed by atoms with van der Waals surface area (Å²) in [5.41, 5.74) is 0. The third-order valence-corrected chi connectivity index (χ3v) is 4.69. The highest BCUT2D eigenvalue weighted by molar-refractivity contribution is 7.10. The number of nitrogens with zero attached hydrogens (tertiary/aromatic N) is 1. The van der Waals surface area contributed by atoms with Gasteiger partial charge in [0.2, 0.25) is 0 Å². The summed E-state index contributed by atoms with van der Waals surface area (Å²) in [7, 11) is 0. The van der Waals surface area contributed by atoms with Crippen molar-refractivity contribution in [2.24, 2.45) is 5.92 Å². The molecule has 0 aliphatic carbocycles. The lowest BCUT2D eigenvalue weighted by molar-refractivity contribution is 0.166. The van der Waals surface area contributed by atoms with Crippen LogP contribution in [0.15, 0.2) is 17.5 Å². The van der Waals surface area contributed by atoms with Crippen molar-refractivity contribution in [1.82, 2.24) is 10.2 Å². The van der Waals surface area contributed by atoms with Crippen molar-refractivity contribution in [2.45, 2.75) is 45.6 Å². The standard InChI is InChI=1S/C15H24N2OS/c1-3-6-13(14-8-5-10-19-14)16-15(18)17-9-4-7-12(2)11-17/h5,8,10,12-13H,3-4,6-7,9,11H2,1-2H3,(H,16,18). The molecule has 1 aromatic heterocycles. The van der Waals surface area contributed by atoms with Crippen molar-refractivity contribution in [1.29, 1.82) is 0 Å². The predicted molar refractivity (Wildman–Crippen MR) is 80.5 cm³/mol. The average molecular weight is 280 g/mol. The molecule has 0 spiro atoms. The van der Waals surface area contributed by atoms with E-state index in [-0.39, 0.29) is 12.1 Å². The van der Waals surface area contributed by atoms with E-state index in [1.165, 1.54) is 11.3 Å². The van der Waals surface area contributed by atoms with Crippen LogP contribution in [0, 0.1) is 5.92 Å².